The van der Waals surface area contributed by atoms with Gasteiger partial charge in [-0.05, 0) is 33.9 Å². The number of nitrogens with one attached hydrogen (secondary N) is 1. The van der Waals surface area contributed by atoms with Crippen LogP contribution in [0, 0.1) is 11.3 Å². The maximum Gasteiger partial charge on any atom is 0.131 e. The van der Waals surface area contributed by atoms with Gasteiger partial charge in [-0.2, -0.15) is 5.26 Å². The number of nitrogens with zero attached hydrogens (tertiary/aromatic N) is 1. The van der Waals surface area contributed by atoms with Gasteiger partial charge in [-0.3, -0.25) is 5.32 Å². The van der Waals surface area contributed by atoms with E-state index >= 15 is 0 Å². The summed E-state index contributed by atoms with van der Waals surface area (Å²) in [6.07, 6.45) is 0. The first-order chi connectivity index (χ1) is 5.79. The second-order valence-electron chi connectivity index (χ2n) is 2.25. The first-order valence-electron chi connectivity index (χ1n) is 3.65. The summed E-state index contributed by atoms with van der Waals surface area (Å²) < 4.78 is 1.01. The van der Waals surface area contributed by atoms with Crippen molar-refractivity contribution in [1.29, 1.82) is 5.26 Å². The Bertz CT molecular complexity index is 289. The molecule has 4 heteroatoms. The van der Waals surface area contributed by atoms with Crippen LogP contribution in [0.4, 0.5) is 0 Å². The van der Waals surface area contributed by atoms with E-state index in [4.69, 9.17) is 5.26 Å². The molecule has 0 fully saturated rings. The van der Waals surface area contributed by atoms with Crippen molar-refractivity contribution in [1.82, 2.24) is 5.32 Å². The smallest absolute Gasteiger partial charge is 0.131 e. The molecule has 0 radical (unpaired) electrons. The molecule has 2 nitrogen and oxygen atoms in total. The molecular weight excluding hydrogens is 236 g/mol. The molecule has 0 aliphatic rings. The van der Waals surface area contributed by atoms with Crippen LogP contribution in [0.3, 0.4) is 0 Å². The van der Waals surface area contributed by atoms with Crippen molar-refractivity contribution in [2.45, 2.75) is 13.0 Å². The third kappa shape index (κ3) is 2.07. The molecule has 1 atom stereocenters. The average Bonchev–Trinajstić information content (AvgIpc) is 2.47. The quantitative estimate of drug-likeness (QED) is 0.888. The Morgan fingerprint density at radius 3 is 3.00 bits per heavy atom. The Morgan fingerprint density at radius 1 is 1.83 bits per heavy atom. The number of nitriles is 1. The molecule has 0 saturated heterocycles. The van der Waals surface area contributed by atoms with E-state index in [0.717, 1.165) is 15.9 Å². The molecule has 1 N–H and O–H groups in total. The van der Waals surface area contributed by atoms with E-state index in [2.05, 4.69) is 27.3 Å². The summed E-state index contributed by atoms with van der Waals surface area (Å²) >= 11 is 4.99. The van der Waals surface area contributed by atoms with Gasteiger partial charge in [-0.15, -0.1) is 11.3 Å². The van der Waals surface area contributed by atoms with Gasteiger partial charge in [-0.1, -0.05) is 6.92 Å². The fraction of sp³-hybridized carbons (Fsp3) is 0.375. The highest BCUT2D eigenvalue weighted by Crippen LogP contribution is 2.28. The summed E-state index contributed by atoms with van der Waals surface area (Å²) in [6.45, 7) is 2.80. The summed E-state index contributed by atoms with van der Waals surface area (Å²) in [6, 6.07) is 4.00. The molecule has 0 aromatic carbocycles. The molecule has 1 unspecified atom stereocenters. The standard InChI is InChI=1S/C8H9BrN2S/c1-2-11-7(5-10)8-6(9)3-4-12-8/h3-4,7,11H,2H2,1H3. The second-order valence-corrected chi connectivity index (χ2v) is 4.05. The normalized spacial score (nSPS) is 12.4. The number of hydrogen-bond donors (Lipinski definition) is 1. The molecule has 0 amide bonds. The predicted molar refractivity (Wildman–Crippen MR) is 54.0 cm³/mol. The molecule has 12 heavy (non-hydrogen) atoms. The van der Waals surface area contributed by atoms with Crippen molar-refractivity contribution < 1.29 is 0 Å². The van der Waals surface area contributed by atoms with Crippen LogP contribution in [0.2, 0.25) is 0 Å². The zero-order valence-corrected chi connectivity index (χ0v) is 9.08. The molecule has 0 bridgehead atoms. The van der Waals surface area contributed by atoms with E-state index in [9.17, 15) is 0 Å². The van der Waals surface area contributed by atoms with Crippen molar-refractivity contribution in [3.63, 3.8) is 0 Å². The monoisotopic (exact) mass is 244 g/mol. The minimum absolute atomic E-state index is 0.177. The summed E-state index contributed by atoms with van der Waals surface area (Å²) in [4.78, 5) is 1.05. The highest BCUT2D eigenvalue weighted by atomic mass is 79.9. The van der Waals surface area contributed by atoms with Gasteiger partial charge in [0.1, 0.15) is 6.04 Å². The number of hydrogen-bond acceptors (Lipinski definition) is 3. The van der Waals surface area contributed by atoms with Crippen molar-refractivity contribution >= 4 is 27.3 Å². The fourth-order valence-electron chi connectivity index (χ4n) is 0.913. The molecule has 1 aromatic rings. The first kappa shape index (κ1) is 9.72. The Balaban J connectivity index is 2.81. The molecule has 1 aromatic heterocycles. The van der Waals surface area contributed by atoms with Crippen LogP contribution in [0.15, 0.2) is 15.9 Å². The van der Waals surface area contributed by atoms with Gasteiger partial charge >= 0.3 is 0 Å². The fourth-order valence-corrected chi connectivity index (χ4v) is 2.53. The lowest BCUT2D eigenvalue weighted by molar-refractivity contribution is 0.665. The maximum atomic E-state index is 8.83. The highest BCUT2D eigenvalue weighted by Gasteiger charge is 2.12. The Hall–Kier alpha value is -0.370. The van der Waals surface area contributed by atoms with E-state index in [1.54, 1.807) is 11.3 Å². The zero-order valence-electron chi connectivity index (χ0n) is 6.67. The zero-order chi connectivity index (χ0) is 8.97. The van der Waals surface area contributed by atoms with Crippen LogP contribution < -0.4 is 5.32 Å². The number of halogens is 1. The van der Waals surface area contributed by atoms with Gasteiger partial charge < -0.3 is 0 Å². The minimum atomic E-state index is -0.177. The molecule has 64 valence electrons. The third-order valence-corrected chi connectivity index (χ3v) is 3.38. The number of rotatable bonds is 3. The van der Waals surface area contributed by atoms with Gasteiger partial charge in [0.05, 0.1) is 10.9 Å². The van der Waals surface area contributed by atoms with Gasteiger partial charge in [0.15, 0.2) is 0 Å². The Morgan fingerprint density at radius 2 is 2.58 bits per heavy atom. The van der Waals surface area contributed by atoms with Gasteiger partial charge in [-0.25, -0.2) is 0 Å². The molecule has 0 spiro atoms. The maximum absolute atomic E-state index is 8.83. The van der Waals surface area contributed by atoms with Crippen LogP contribution in [0.5, 0.6) is 0 Å². The topological polar surface area (TPSA) is 35.8 Å². The van der Waals surface area contributed by atoms with Crippen molar-refractivity contribution in [3.05, 3.63) is 20.8 Å². The van der Waals surface area contributed by atoms with Crippen LogP contribution >= 0.6 is 27.3 Å². The third-order valence-electron chi connectivity index (χ3n) is 1.44. The SMILES string of the molecule is CCNC(C#N)c1sccc1Br. The Labute approximate surface area is 84.3 Å². The lowest BCUT2D eigenvalue weighted by Gasteiger charge is -2.07. The van der Waals surface area contributed by atoms with Crippen molar-refractivity contribution in [2.75, 3.05) is 6.54 Å². The summed E-state index contributed by atoms with van der Waals surface area (Å²) in [5.74, 6) is 0. The molecule has 0 saturated carbocycles. The minimum Gasteiger partial charge on any atom is -0.298 e. The van der Waals surface area contributed by atoms with Crippen molar-refractivity contribution in [3.8, 4) is 6.07 Å². The largest absolute Gasteiger partial charge is 0.298 e. The first-order valence-corrected chi connectivity index (χ1v) is 5.32. The number of thiophene rings is 1. The Kier molecular flexibility index (Phi) is 3.73. The van der Waals surface area contributed by atoms with E-state index in [1.807, 2.05) is 18.4 Å². The molecule has 0 aliphatic carbocycles. The second kappa shape index (κ2) is 4.61. The van der Waals surface area contributed by atoms with Gasteiger partial charge in [0, 0.05) is 4.47 Å². The molecular formula is C8H9BrN2S. The molecule has 0 aliphatic heterocycles. The van der Waals surface area contributed by atoms with Gasteiger partial charge in [0.25, 0.3) is 0 Å². The molecule has 1 rings (SSSR count). The predicted octanol–water partition coefficient (Wildman–Crippen LogP) is 2.68. The van der Waals surface area contributed by atoms with Crippen LogP contribution in [0.1, 0.15) is 17.8 Å². The van der Waals surface area contributed by atoms with E-state index in [-0.39, 0.29) is 6.04 Å². The van der Waals surface area contributed by atoms with Gasteiger partial charge in [0.2, 0.25) is 0 Å². The summed E-state index contributed by atoms with van der Waals surface area (Å²) in [7, 11) is 0. The lowest BCUT2D eigenvalue weighted by Crippen LogP contribution is -2.18. The van der Waals surface area contributed by atoms with Crippen molar-refractivity contribution in [2.24, 2.45) is 0 Å². The summed E-state index contributed by atoms with van der Waals surface area (Å²) in [5, 5.41) is 13.9. The molecule has 1 heterocycles. The van der Waals surface area contributed by atoms with Crippen LogP contribution in [-0.4, -0.2) is 6.54 Å². The van der Waals surface area contributed by atoms with E-state index < -0.39 is 0 Å². The van der Waals surface area contributed by atoms with Crippen LogP contribution in [0.25, 0.3) is 0 Å². The highest BCUT2D eigenvalue weighted by molar-refractivity contribution is 9.10. The lowest BCUT2D eigenvalue weighted by atomic mass is 10.2. The van der Waals surface area contributed by atoms with Crippen LogP contribution in [-0.2, 0) is 0 Å². The summed E-state index contributed by atoms with van der Waals surface area (Å²) in [5.41, 5.74) is 0. The van der Waals surface area contributed by atoms with E-state index in [0.29, 0.717) is 0 Å². The average molecular weight is 245 g/mol. The van der Waals surface area contributed by atoms with E-state index in [1.165, 1.54) is 0 Å².